The largest absolute Gasteiger partial charge is 0.480 e. The number of thiophene rings is 1. The SMILES string of the molecule is CC[C@@H](NC(=O)c1sc2cc(F)ccc2c1Cl)C(=O)O. The number of carbonyl (C=O) groups is 2. The fourth-order valence-electron chi connectivity index (χ4n) is 1.75. The van der Waals surface area contributed by atoms with Gasteiger partial charge < -0.3 is 10.4 Å². The number of aliphatic carboxylic acids is 1. The first-order valence-corrected chi connectivity index (χ1v) is 7.04. The number of hydrogen-bond donors (Lipinski definition) is 2. The zero-order chi connectivity index (χ0) is 14.9. The second-order valence-electron chi connectivity index (χ2n) is 4.16. The summed E-state index contributed by atoms with van der Waals surface area (Å²) in [4.78, 5) is 23.1. The van der Waals surface area contributed by atoms with Crippen molar-refractivity contribution in [2.75, 3.05) is 0 Å². The van der Waals surface area contributed by atoms with E-state index in [4.69, 9.17) is 16.7 Å². The van der Waals surface area contributed by atoms with E-state index in [1.165, 1.54) is 18.2 Å². The predicted octanol–water partition coefficient (Wildman–Crippen LogP) is 3.29. The van der Waals surface area contributed by atoms with Crippen LogP contribution in [0, 0.1) is 5.82 Å². The first-order chi connectivity index (χ1) is 9.43. The van der Waals surface area contributed by atoms with Crippen molar-refractivity contribution < 1.29 is 19.1 Å². The molecular formula is C13H11ClFNO3S. The Balaban J connectivity index is 2.35. The Bertz CT molecular complexity index is 686. The van der Waals surface area contributed by atoms with Gasteiger partial charge in [0.1, 0.15) is 16.7 Å². The van der Waals surface area contributed by atoms with Crippen LogP contribution >= 0.6 is 22.9 Å². The molecule has 2 rings (SSSR count). The fourth-order valence-corrected chi connectivity index (χ4v) is 3.19. The van der Waals surface area contributed by atoms with E-state index < -0.39 is 23.7 Å². The normalized spacial score (nSPS) is 12.3. The van der Waals surface area contributed by atoms with Crippen molar-refractivity contribution in [2.45, 2.75) is 19.4 Å². The smallest absolute Gasteiger partial charge is 0.326 e. The van der Waals surface area contributed by atoms with Gasteiger partial charge in [0.15, 0.2) is 0 Å². The molecule has 0 radical (unpaired) electrons. The summed E-state index contributed by atoms with van der Waals surface area (Å²) in [5, 5.41) is 12.1. The Labute approximate surface area is 123 Å². The highest BCUT2D eigenvalue weighted by Crippen LogP contribution is 2.35. The standard InChI is InChI=1S/C13H11ClFNO3S/c1-2-8(13(18)19)16-12(17)11-10(14)7-4-3-6(15)5-9(7)20-11/h3-5,8H,2H2,1H3,(H,16,17)(H,18,19)/t8-/m1/s1. The van der Waals surface area contributed by atoms with E-state index in [9.17, 15) is 14.0 Å². The van der Waals surface area contributed by atoms with Crippen LogP contribution in [0.1, 0.15) is 23.0 Å². The van der Waals surface area contributed by atoms with Crippen molar-refractivity contribution >= 4 is 44.9 Å². The highest BCUT2D eigenvalue weighted by Gasteiger charge is 2.22. The van der Waals surface area contributed by atoms with Gasteiger partial charge in [-0.15, -0.1) is 11.3 Å². The molecule has 0 aliphatic heterocycles. The van der Waals surface area contributed by atoms with Gasteiger partial charge in [-0.1, -0.05) is 18.5 Å². The zero-order valence-corrected chi connectivity index (χ0v) is 12.0. The van der Waals surface area contributed by atoms with Gasteiger partial charge in [-0.2, -0.15) is 0 Å². The molecule has 1 atom stereocenters. The van der Waals surface area contributed by atoms with Gasteiger partial charge in [0, 0.05) is 10.1 Å². The summed E-state index contributed by atoms with van der Waals surface area (Å²) in [5.41, 5.74) is 0. The number of carboxylic acid groups (broad SMARTS) is 1. The van der Waals surface area contributed by atoms with Crippen molar-refractivity contribution in [3.63, 3.8) is 0 Å². The number of rotatable bonds is 4. The van der Waals surface area contributed by atoms with Crippen molar-refractivity contribution in [1.82, 2.24) is 5.32 Å². The maximum Gasteiger partial charge on any atom is 0.326 e. The number of amides is 1. The molecule has 0 saturated heterocycles. The second kappa shape index (κ2) is 5.76. The maximum absolute atomic E-state index is 13.1. The fraction of sp³-hybridized carbons (Fsp3) is 0.231. The summed E-state index contributed by atoms with van der Waals surface area (Å²) in [6.45, 7) is 1.65. The molecular weight excluding hydrogens is 305 g/mol. The van der Waals surface area contributed by atoms with Crippen LogP contribution in [0.25, 0.3) is 10.1 Å². The lowest BCUT2D eigenvalue weighted by molar-refractivity contribution is -0.139. The quantitative estimate of drug-likeness (QED) is 0.910. The molecule has 0 spiro atoms. The van der Waals surface area contributed by atoms with Gasteiger partial charge in [0.25, 0.3) is 5.91 Å². The summed E-state index contributed by atoms with van der Waals surface area (Å²) in [5.74, 6) is -2.09. The van der Waals surface area contributed by atoms with Crippen LogP contribution < -0.4 is 5.32 Å². The van der Waals surface area contributed by atoms with Crippen LogP contribution in [0.2, 0.25) is 5.02 Å². The molecule has 2 aromatic rings. The lowest BCUT2D eigenvalue weighted by Crippen LogP contribution is -2.40. The number of nitrogens with one attached hydrogen (secondary N) is 1. The lowest BCUT2D eigenvalue weighted by atomic mass is 10.2. The molecule has 20 heavy (non-hydrogen) atoms. The number of carbonyl (C=O) groups excluding carboxylic acids is 1. The topological polar surface area (TPSA) is 66.4 Å². The van der Waals surface area contributed by atoms with Crippen LogP contribution in [-0.2, 0) is 4.79 Å². The highest BCUT2D eigenvalue weighted by atomic mass is 35.5. The first kappa shape index (κ1) is 14.7. The molecule has 1 aromatic heterocycles. The summed E-state index contributed by atoms with van der Waals surface area (Å²) in [6.07, 6.45) is 0.262. The Hall–Kier alpha value is -1.66. The average Bonchev–Trinajstić information content (AvgIpc) is 2.72. The summed E-state index contributed by atoms with van der Waals surface area (Å²) < 4.78 is 13.7. The minimum Gasteiger partial charge on any atom is -0.480 e. The van der Waals surface area contributed by atoms with Gasteiger partial charge >= 0.3 is 5.97 Å². The predicted molar refractivity (Wildman–Crippen MR) is 76.0 cm³/mol. The number of fused-ring (bicyclic) bond motifs is 1. The van der Waals surface area contributed by atoms with Crippen LogP contribution in [0.3, 0.4) is 0 Å². The van der Waals surface area contributed by atoms with E-state index in [-0.39, 0.29) is 16.3 Å². The number of hydrogen-bond acceptors (Lipinski definition) is 3. The minimum atomic E-state index is -1.11. The monoisotopic (exact) mass is 315 g/mol. The molecule has 1 amide bonds. The average molecular weight is 316 g/mol. The third kappa shape index (κ3) is 2.76. The van der Waals surface area contributed by atoms with E-state index in [0.717, 1.165) is 11.3 Å². The molecule has 0 fully saturated rings. The van der Waals surface area contributed by atoms with Crippen LogP contribution in [0.15, 0.2) is 18.2 Å². The van der Waals surface area contributed by atoms with Gasteiger partial charge in [0.05, 0.1) is 5.02 Å². The van der Waals surface area contributed by atoms with Gasteiger partial charge in [0.2, 0.25) is 0 Å². The van der Waals surface area contributed by atoms with Crippen molar-refractivity contribution in [3.05, 3.63) is 33.9 Å². The zero-order valence-electron chi connectivity index (χ0n) is 10.4. The molecule has 0 aliphatic carbocycles. The minimum absolute atomic E-state index is 0.187. The van der Waals surface area contributed by atoms with Crippen LogP contribution in [0.5, 0.6) is 0 Å². The van der Waals surface area contributed by atoms with E-state index in [2.05, 4.69) is 5.32 Å². The van der Waals surface area contributed by atoms with Gasteiger partial charge in [-0.25, -0.2) is 9.18 Å². The third-order valence-electron chi connectivity index (χ3n) is 2.81. The van der Waals surface area contributed by atoms with Gasteiger partial charge in [-0.3, -0.25) is 4.79 Å². The van der Waals surface area contributed by atoms with E-state index >= 15 is 0 Å². The maximum atomic E-state index is 13.1. The summed E-state index contributed by atoms with van der Waals surface area (Å²) >= 11 is 7.12. The number of benzene rings is 1. The summed E-state index contributed by atoms with van der Waals surface area (Å²) in [7, 11) is 0. The van der Waals surface area contributed by atoms with E-state index in [1.54, 1.807) is 6.92 Å². The molecule has 0 unspecified atom stereocenters. The molecule has 2 N–H and O–H groups in total. The Morgan fingerprint density at radius 3 is 2.80 bits per heavy atom. The Morgan fingerprint density at radius 1 is 1.50 bits per heavy atom. The van der Waals surface area contributed by atoms with Crippen LogP contribution in [-0.4, -0.2) is 23.0 Å². The van der Waals surface area contributed by atoms with Crippen molar-refractivity contribution in [3.8, 4) is 0 Å². The van der Waals surface area contributed by atoms with Crippen LogP contribution in [0.4, 0.5) is 4.39 Å². The lowest BCUT2D eigenvalue weighted by Gasteiger charge is -2.11. The molecule has 1 aromatic carbocycles. The second-order valence-corrected chi connectivity index (χ2v) is 5.59. The first-order valence-electron chi connectivity index (χ1n) is 5.85. The van der Waals surface area contributed by atoms with Gasteiger partial charge in [-0.05, 0) is 24.6 Å². The molecule has 4 nitrogen and oxygen atoms in total. The number of carboxylic acids is 1. The Morgan fingerprint density at radius 2 is 2.20 bits per heavy atom. The third-order valence-corrected chi connectivity index (χ3v) is 4.47. The van der Waals surface area contributed by atoms with E-state index in [1.807, 2.05) is 0 Å². The molecule has 0 aliphatic rings. The number of halogens is 2. The molecule has 1 heterocycles. The Kier molecular flexibility index (Phi) is 4.25. The summed E-state index contributed by atoms with van der Waals surface area (Å²) in [6, 6.07) is 3.07. The van der Waals surface area contributed by atoms with Crippen molar-refractivity contribution in [2.24, 2.45) is 0 Å². The molecule has 7 heteroatoms. The molecule has 106 valence electrons. The molecule has 0 saturated carbocycles. The molecule has 0 bridgehead atoms. The highest BCUT2D eigenvalue weighted by molar-refractivity contribution is 7.21. The van der Waals surface area contributed by atoms with Crippen molar-refractivity contribution in [1.29, 1.82) is 0 Å². The van der Waals surface area contributed by atoms with E-state index in [0.29, 0.717) is 10.1 Å².